The Hall–Kier alpha value is -2.45. The minimum atomic E-state index is -3.58. The van der Waals surface area contributed by atoms with Crippen LogP contribution in [0.1, 0.15) is 20.8 Å². The fraction of sp³-hybridized carbons (Fsp3) is 0.278. The number of benzene rings is 2. The molecule has 0 saturated carbocycles. The van der Waals surface area contributed by atoms with Gasteiger partial charge in [0, 0.05) is 11.7 Å². The third kappa shape index (κ3) is 5.53. The Balaban J connectivity index is 1.99. The molecule has 140 valence electrons. The third-order valence-electron chi connectivity index (χ3n) is 3.32. The molecule has 0 aromatic heterocycles. The highest BCUT2D eigenvalue weighted by molar-refractivity contribution is 7.89. The van der Waals surface area contributed by atoms with Gasteiger partial charge < -0.3 is 10.1 Å². The minimum absolute atomic E-state index is 0.111. The molecule has 1 amide bonds. The number of halogens is 1. The van der Waals surface area contributed by atoms with Crippen molar-refractivity contribution < 1.29 is 22.3 Å². The van der Waals surface area contributed by atoms with E-state index in [4.69, 9.17) is 4.74 Å². The maximum absolute atomic E-state index is 12.9. The lowest BCUT2D eigenvalue weighted by atomic mass is 10.3. The fourth-order valence-corrected chi connectivity index (χ4v) is 3.36. The zero-order chi connectivity index (χ0) is 19.3. The molecule has 0 unspecified atom stereocenters. The van der Waals surface area contributed by atoms with Gasteiger partial charge in [0.1, 0.15) is 11.6 Å². The third-order valence-corrected chi connectivity index (χ3v) is 4.99. The Bertz CT molecular complexity index is 850. The molecule has 6 nitrogen and oxygen atoms in total. The van der Waals surface area contributed by atoms with E-state index in [0.717, 1.165) is 0 Å². The van der Waals surface area contributed by atoms with Crippen molar-refractivity contribution in [3.63, 3.8) is 0 Å². The number of anilines is 1. The summed E-state index contributed by atoms with van der Waals surface area (Å²) in [5.74, 6) is -0.433. The maximum atomic E-state index is 12.9. The number of hydrogen-bond donors (Lipinski definition) is 2. The number of amides is 1. The summed E-state index contributed by atoms with van der Waals surface area (Å²) in [4.78, 5) is 12.3. The summed E-state index contributed by atoms with van der Waals surface area (Å²) in [6, 6.07) is 10.9. The van der Waals surface area contributed by atoms with Gasteiger partial charge in [-0.3, -0.25) is 4.79 Å². The number of rotatable bonds is 7. The minimum Gasteiger partial charge on any atom is -0.481 e. The predicted molar refractivity (Wildman–Crippen MR) is 97.0 cm³/mol. The zero-order valence-corrected chi connectivity index (χ0v) is 15.5. The molecule has 2 N–H and O–H groups in total. The number of carbonyl (C=O) groups excluding carboxylic acids is 1. The van der Waals surface area contributed by atoms with Crippen LogP contribution in [0.2, 0.25) is 0 Å². The lowest BCUT2D eigenvalue weighted by Crippen LogP contribution is -2.31. The van der Waals surface area contributed by atoms with Crippen LogP contribution in [0.15, 0.2) is 53.4 Å². The van der Waals surface area contributed by atoms with Crippen molar-refractivity contribution in [3.8, 4) is 5.75 Å². The molecule has 0 bridgehead atoms. The van der Waals surface area contributed by atoms with E-state index < -0.39 is 27.9 Å². The van der Waals surface area contributed by atoms with Crippen molar-refractivity contribution in [2.45, 2.75) is 37.8 Å². The zero-order valence-electron chi connectivity index (χ0n) is 14.7. The van der Waals surface area contributed by atoms with Gasteiger partial charge in [-0.1, -0.05) is 0 Å². The van der Waals surface area contributed by atoms with E-state index in [2.05, 4.69) is 10.0 Å². The van der Waals surface area contributed by atoms with Gasteiger partial charge in [0.2, 0.25) is 10.0 Å². The van der Waals surface area contributed by atoms with Crippen molar-refractivity contribution >= 4 is 21.6 Å². The molecule has 0 fully saturated rings. The quantitative estimate of drug-likeness (QED) is 0.774. The molecule has 2 aromatic carbocycles. The molecule has 0 radical (unpaired) electrons. The van der Waals surface area contributed by atoms with Crippen molar-refractivity contribution in [2.75, 3.05) is 5.32 Å². The molecule has 0 spiro atoms. The number of sulfonamides is 1. The lowest BCUT2D eigenvalue weighted by Gasteiger charge is -2.15. The van der Waals surface area contributed by atoms with E-state index in [1.807, 2.05) is 0 Å². The summed E-state index contributed by atoms with van der Waals surface area (Å²) < 4.78 is 44.9. The fourth-order valence-electron chi connectivity index (χ4n) is 2.11. The van der Waals surface area contributed by atoms with E-state index >= 15 is 0 Å². The number of nitrogens with one attached hydrogen (secondary N) is 2. The number of carbonyl (C=O) groups is 1. The van der Waals surface area contributed by atoms with Gasteiger partial charge in [-0.25, -0.2) is 17.5 Å². The van der Waals surface area contributed by atoms with Crippen LogP contribution in [-0.2, 0) is 14.8 Å². The first-order valence-corrected chi connectivity index (χ1v) is 9.51. The highest BCUT2D eigenvalue weighted by Crippen LogP contribution is 2.16. The van der Waals surface area contributed by atoms with Crippen molar-refractivity contribution in [1.29, 1.82) is 0 Å². The topological polar surface area (TPSA) is 84.5 Å². The van der Waals surface area contributed by atoms with Crippen LogP contribution < -0.4 is 14.8 Å². The molecule has 1 atom stereocenters. The molecular formula is C18H21FN2O4S. The SMILES string of the molecule is CC(C)NS(=O)(=O)c1ccc(NC(=O)[C@H](C)Oc2ccc(F)cc2)cc1. The van der Waals surface area contributed by atoms with Crippen LogP contribution in [0, 0.1) is 5.82 Å². The predicted octanol–water partition coefficient (Wildman–Crippen LogP) is 2.92. The van der Waals surface area contributed by atoms with Gasteiger partial charge in [-0.2, -0.15) is 0 Å². The van der Waals surface area contributed by atoms with Crippen LogP contribution in [-0.4, -0.2) is 26.5 Å². The number of ether oxygens (including phenoxy) is 1. The molecular weight excluding hydrogens is 359 g/mol. The second-order valence-electron chi connectivity index (χ2n) is 6.00. The molecule has 0 saturated heterocycles. The molecule has 26 heavy (non-hydrogen) atoms. The van der Waals surface area contributed by atoms with Crippen LogP contribution in [0.5, 0.6) is 5.75 Å². The van der Waals surface area contributed by atoms with Crippen LogP contribution >= 0.6 is 0 Å². The Morgan fingerprint density at radius 2 is 1.58 bits per heavy atom. The Morgan fingerprint density at radius 1 is 1.00 bits per heavy atom. The molecule has 2 aromatic rings. The van der Waals surface area contributed by atoms with Crippen LogP contribution in [0.25, 0.3) is 0 Å². The summed E-state index contributed by atoms with van der Waals surface area (Å²) in [6.07, 6.45) is -0.813. The molecule has 8 heteroatoms. The maximum Gasteiger partial charge on any atom is 0.265 e. The first kappa shape index (κ1) is 19.9. The average molecular weight is 380 g/mol. The summed E-state index contributed by atoms with van der Waals surface area (Å²) in [5, 5.41) is 2.64. The van der Waals surface area contributed by atoms with E-state index in [9.17, 15) is 17.6 Å². The van der Waals surface area contributed by atoms with E-state index in [-0.39, 0.29) is 10.9 Å². The highest BCUT2D eigenvalue weighted by atomic mass is 32.2. The van der Waals surface area contributed by atoms with Gasteiger partial charge >= 0.3 is 0 Å². The number of hydrogen-bond acceptors (Lipinski definition) is 4. The second-order valence-corrected chi connectivity index (χ2v) is 7.72. The van der Waals surface area contributed by atoms with Crippen molar-refractivity contribution in [1.82, 2.24) is 4.72 Å². The van der Waals surface area contributed by atoms with E-state index in [1.165, 1.54) is 48.5 Å². The molecule has 2 rings (SSSR count). The smallest absolute Gasteiger partial charge is 0.265 e. The Kier molecular flexibility index (Phi) is 6.33. The van der Waals surface area contributed by atoms with Crippen LogP contribution in [0.3, 0.4) is 0 Å². The Morgan fingerprint density at radius 3 is 2.12 bits per heavy atom. The summed E-state index contributed by atoms with van der Waals surface area (Å²) >= 11 is 0. The molecule has 0 heterocycles. The van der Waals surface area contributed by atoms with Gasteiger partial charge in [-0.15, -0.1) is 0 Å². The summed E-state index contributed by atoms with van der Waals surface area (Å²) in [5.41, 5.74) is 0.438. The average Bonchev–Trinajstić information content (AvgIpc) is 2.56. The van der Waals surface area contributed by atoms with Gasteiger partial charge in [0.25, 0.3) is 5.91 Å². The summed E-state index contributed by atoms with van der Waals surface area (Å²) in [6.45, 7) is 5.02. The van der Waals surface area contributed by atoms with Gasteiger partial charge in [-0.05, 0) is 69.3 Å². The van der Waals surface area contributed by atoms with Crippen molar-refractivity contribution in [3.05, 3.63) is 54.3 Å². The largest absolute Gasteiger partial charge is 0.481 e. The highest BCUT2D eigenvalue weighted by Gasteiger charge is 2.17. The van der Waals surface area contributed by atoms with Gasteiger partial charge in [0.15, 0.2) is 6.10 Å². The lowest BCUT2D eigenvalue weighted by molar-refractivity contribution is -0.122. The molecule has 0 aliphatic rings. The Labute approximate surface area is 152 Å². The van der Waals surface area contributed by atoms with E-state index in [1.54, 1.807) is 20.8 Å². The first-order chi connectivity index (χ1) is 12.2. The van der Waals surface area contributed by atoms with E-state index in [0.29, 0.717) is 11.4 Å². The van der Waals surface area contributed by atoms with Gasteiger partial charge in [0.05, 0.1) is 4.90 Å². The monoisotopic (exact) mass is 380 g/mol. The first-order valence-electron chi connectivity index (χ1n) is 8.03. The second kappa shape index (κ2) is 8.29. The summed E-state index contributed by atoms with van der Waals surface area (Å²) in [7, 11) is -3.58. The molecule has 0 aliphatic carbocycles. The molecule has 0 aliphatic heterocycles. The standard InChI is InChI=1S/C18H21FN2O4S/c1-12(2)21-26(23,24)17-10-6-15(7-11-17)20-18(22)13(3)25-16-8-4-14(19)5-9-16/h4-13,21H,1-3H3,(H,20,22)/t13-/m0/s1. The normalized spacial score (nSPS) is 12.7. The van der Waals surface area contributed by atoms with Crippen LogP contribution in [0.4, 0.5) is 10.1 Å². The van der Waals surface area contributed by atoms with Crippen molar-refractivity contribution in [2.24, 2.45) is 0 Å².